The predicted octanol–water partition coefficient (Wildman–Crippen LogP) is 7.85. The van der Waals surface area contributed by atoms with Gasteiger partial charge in [0.25, 0.3) is 0 Å². The van der Waals surface area contributed by atoms with Crippen LogP contribution in [0.25, 0.3) is 0 Å². The first-order chi connectivity index (χ1) is 18.6. The van der Waals surface area contributed by atoms with Crippen LogP contribution >= 0.6 is 20.2 Å². The van der Waals surface area contributed by atoms with E-state index in [-0.39, 0.29) is 34.6 Å². The fourth-order valence-electron chi connectivity index (χ4n) is 7.21. The molecule has 2 aromatic carbocycles. The summed E-state index contributed by atoms with van der Waals surface area (Å²) < 4.78 is 40.2. The third kappa shape index (κ3) is 6.62. The van der Waals surface area contributed by atoms with Gasteiger partial charge in [-0.1, -0.05) is 0 Å². The Balaban J connectivity index is 1.30. The number of esters is 1. The zero-order valence-electron chi connectivity index (χ0n) is 24.8. The Labute approximate surface area is 248 Å². The molecular weight excluding hydrogens is 635 g/mol. The van der Waals surface area contributed by atoms with E-state index in [1.54, 1.807) is 0 Å². The summed E-state index contributed by atoms with van der Waals surface area (Å²) >= 11 is -2.80. The zero-order chi connectivity index (χ0) is 28.9. The number of hydrogen-bond donors (Lipinski definition) is 0. The molecule has 40 heavy (non-hydrogen) atoms. The monoisotopic (exact) mass is 680 g/mol. The Morgan fingerprint density at radius 2 is 1.18 bits per heavy atom. The van der Waals surface area contributed by atoms with E-state index in [2.05, 4.69) is 65.8 Å². The molecule has 0 aromatic heterocycles. The molecule has 0 radical (unpaired) electrons. The average molecular weight is 681 g/mol. The van der Waals surface area contributed by atoms with Crippen molar-refractivity contribution in [1.29, 1.82) is 0 Å². The van der Waals surface area contributed by atoms with E-state index in [9.17, 15) is 13.2 Å². The van der Waals surface area contributed by atoms with Crippen LogP contribution in [0, 0.1) is 30.3 Å². The Kier molecular flexibility index (Phi) is 8.25. The number of benzene rings is 2. The minimum absolute atomic E-state index is 0.000560. The van der Waals surface area contributed by atoms with Gasteiger partial charge in [-0.25, -0.2) is 0 Å². The first kappa shape index (κ1) is 30.0. The van der Waals surface area contributed by atoms with Crippen LogP contribution < -0.4 is 0 Å². The van der Waals surface area contributed by atoms with Gasteiger partial charge in [-0.05, 0) is 0 Å². The molecule has 4 fully saturated rings. The average Bonchev–Trinajstić information content (AvgIpc) is 2.85. The second-order valence-electron chi connectivity index (χ2n) is 14.4. The topological polar surface area (TPSA) is 69.7 Å². The van der Waals surface area contributed by atoms with Crippen LogP contribution in [0.2, 0.25) is 0 Å². The number of halogens is 1. The van der Waals surface area contributed by atoms with Gasteiger partial charge in [0.05, 0.1) is 0 Å². The molecule has 0 saturated heterocycles. The van der Waals surface area contributed by atoms with Crippen LogP contribution in [0.5, 0.6) is 0 Å². The summed E-state index contributed by atoms with van der Waals surface area (Å²) in [5.74, 6) is 1.39. The molecule has 0 spiro atoms. The van der Waals surface area contributed by atoms with Crippen LogP contribution in [0.1, 0.15) is 91.2 Å². The summed E-state index contributed by atoms with van der Waals surface area (Å²) in [5.41, 5.74) is 1.99. The number of hydrogen-bond acceptors (Lipinski definition) is 5. The third-order valence-corrected chi connectivity index (χ3v) is 16.4. The van der Waals surface area contributed by atoms with Gasteiger partial charge in [0.1, 0.15) is 0 Å². The van der Waals surface area contributed by atoms with E-state index >= 15 is 0 Å². The van der Waals surface area contributed by atoms with Gasteiger partial charge in [0, 0.05) is 0 Å². The van der Waals surface area contributed by atoms with Crippen LogP contribution in [-0.4, -0.2) is 26.7 Å². The Bertz CT molecular complexity index is 1220. The Morgan fingerprint density at radius 1 is 0.775 bits per heavy atom. The van der Waals surface area contributed by atoms with Crippen molar-refractivity contribution in [3.05, 3.63) is 66.8 Å². The predicted molar refractivity (Wildman–Crippen MR) is 168 cm³/mol. The molecule has 0 amide bonds. The zero-order valence-corrected chi connectivity index (χ0v) is 27.8. The number of carbonyl (C=O) groups is 1. The molecule has 0 N–H and O–H groups in total. The summed E-state index contributed by atoms with van der Waals surface area (Å²) in [6, 6.07) is 16.4. The number of rotatable bonds is 8. The molecule has 2 aromatic rings. The van der Waals surface area contributed by atoms with Crippen LogP contribution in [-0.2, 0) is 33.0 Å². The molecule has 0 unspecified atom stereocenters. The molecule has 0 heterocycles. The molecule has 5 nitrogen and oxygen atoms in total. The van der Waals surface area contributed by atoms with Crippen LogP contribution in [0.15, 0.2) is 48.5 Å². The van der Waals surface area contributed by atoms with Gasteiger partial charge < -0.3 is 0 Å². The standard InChI is InChI=1S/C33H45IO5S/c1-31(2,3)26-7-11-28(12-8-26)34(29-13-9-27(10-14-29)32(4,5)6)39-40(36,37)16-15-38-30(35)33-20-23-17-24(21-33)19-25(18-23)22-33/h7-14,23-25H,15-22H2,1-6H3. The molecule has 4 aliphatic rings. The second kappa shape index (κ2) is 11.0. The fraction of sp³-hybridized carbons (Fsp3) is 0.606. The summed E-state index contributed by atoms with van der Waals surface area (Å²) in [6.45, 7) is 12.8. The van der Waals surface area contributed by atoms with Crippen molar-refractivity contribution in [3.63, 3.8) is 0 Å². The molecule has 0 atom stereocenters. The summed E-state index contributed by atoms with van der Waals surface area (Å²) in [6.07, 6.45) is 6.46. The molecule has 220 valence electrons. The fourth-order valence-corrected chi connectivity index (χ4v) is 14.1. The van der Waals surface area contributed by atoms with E-state index in [4.69, 9.17) is 7.25 Å². The van der Waals surface area contributed by atoms with E-state index < -0.39 is 30.4 Å². The van der Waals surface area contributed by atoms with Crippen molar-refractivity contribution in [2.75, 3.05) is 12.4 Å². The first-order valence-electron chi connectivity index (χ1n) is 14.6. The SMILES string of the molecule is CC(C)(C)c1ccc(I(OS(=O)(=O)CCOC(=O)C23CC4CC(CC(C4)C2)C3)c2ccc(C(C)(C)C)cc2)cc1. The molecule has 0 aliphatic heterocycles. The summed E-state index contributed by atoms with van der Waals surface area (Å²) in [5, 5.41) is 0. The van der Waals surface area contributed by atoms with Gasteiger partial charge in [-0.2, -0.15) is 0 Å². The molecular formula is C33H45IO5S. The quantitative estimate of drug-likeness (QED) is 0.210. The second-order valence-corrected chi connectivity index (χ2v) is 21.1. The summed E-state index contributed by atoms with van der Waals surface area (Å²) in [4.78, 5) is 13.2. The Hall–Kier alpha value is -1.45. The van der Waals surface area contributed by atoms with Crippen molar-refractivity contribution < 1.29 is 20.5 Å². The maximum absolute atomic E-state index is 13.3. The van der Waals surface area contributed by atoms with Crippen molar-refractivity contribution in [3.8, 4) is 0 Å². The molecule has 4 bridgehead atoms. The molecule has 4 saturated carbocycles. The van der Waals surface area contributed by atoms with E-state index in [0.29, 0.717) is 17.8 Å². The van der Waals surface area contributed by atoms with Crippen molar-refractivity contribution >= 4 is 36.3 Å². The van der Waals surface area contributed by atoms with E-state index in [1.165, 1.54) is 30.4 Å². The summed E-state index contributed by atoms with van der Waals surface area (Å²) in [7, 11) is -3.91. The maximum atomic E-state index is 13.3. The van der Waals surface area contributed by atoms with Gasteiger partial charge in [0.2, 0.25) is 0 Å². The van der Waals surface area contributed by atoms with Crippen molar-refractivity contribution in [2.24, 2.45) is 23.2 Å². The van der Waals surface area contributed by atoms with Crippen LogP contribution in [0.4, 0.5) is 0 Å². The van der Waals surface area contributed by atoms with Gasteiger partial charge in [-0.15, -0.1) is 0 Å². The Morgan fingerprint density at radius 3 is 1.55 bits per heavy atom. The van der Waals surface area contributed by atoms with Gasteiger partial charge >= 0.3 is 250 Å². The van der Waals surface area contributed by atoms with Crippen LogP contribution in [0.3, 0.4) is 0 Å². The third-order valence-electron chi connectivity index (χ3n) is 9.01. The number of carbonyl (C=O) groups excluding carboxylic acids is 1. The van der Waals surface area contributed by atoms with Crippen molar-refractivity contribution in [2.45, 2.75) is 90.9 Å². The molecule has 7 heteroatoms. The van der Waals surface area contributed by atoms with Gasteiger partial charge in [0.15, 0.2) is 0 Å². The van der Waals surface area contributed by atoms with E-state index in [1.807, 2.05) is 24.3 Å². The van der Waals surface area contributed by atoms with E-state index in [0.717, 1.165) is 26.4 Å². The molecule has 6 rings (SSSR count). The normalized spacial score (nSPS) is 26.6. The first-order valence-corrected chi connectivity index (χ1v) is 19.3. The minimum atomic E-state index is -3.91. The van der Waals surface area contributed by atoms with Gasteiger partial charge in [-0.3, -0.25) is 0 Å². The van der Waals surface area contributed by atoms with Crippen molar-refractivity contribution in [1.82, 2.24) is 0 Å². The molecule has 4 aliphatic carbocycles. The number of ether oxygens (including phenoxy) is 1.